The summed E-state index contributed by atoms with van der Waals surface area (Å²) in [6, 6.07) is 9.44. The van der Waals surface area contributed by atoms with Gasteiger partial charge in [-0.2, -0.15) is 0 Å². The predicted molar refractivity (Wildman–Crippen MR) is 196 cm³/mol. The van der Waals surface area contributed by atoms with Gasteiger partial charge in [0.05, 0.1) is 13.2 Å². The van der Waals surface area contributed by atoms with E-state index in [1.807, 2.05) is 43.3 Å². The lowest BCUT2D eigenvalue weighted by Crippen LogP contribution is -2.62. The van der Waals surface area contributed by atoms with Gasteiger partial charge in [-0.05, 0) is 36.6 Å². The van der Waals surface area contributed by atoms with Gasteiger partial charge in [0.15, 0.2) is 23.0 Å². The quantitative estimate of drug-likeness (QED) is 0.119. The predicted octanol–water partition coefficient (Wildman–Crippen LogP) is 6.98. The van der Waals surface area contributed by atoms with Crippen molar-refractivity contribution < 1.29 is 52.3 Å². The van der Waals surface area contributed by atoms with Crippen LogP contribution in [-0.4, -0.2) is 70.7 Å². The smallest absolute Gasteiger partial charge is 0.411 e. The molecule has 16 heteroatoms. The average molecular weight is 804 g/mol. The molecule has 1 saturated heterocycles. The minimum Gasteiger partial charge on any atom is -0.493 e. The second kappa shape index (κ2) is 15.5. The molecular formula is C38H37Cl3N2O11. The Labute approximate surface area is 326 Å². The van der Waals surface area contributed by atoms with Crippen LogP contribution in [-0.2, 0) is 36.9 Å². The maximum atomic E-state index is 14.9. The van der Waals surface area contributed by atoms with Crippen molar-refractivity contribution in [1.82, 2.24) is 9.80 Å². The Bertz CT molecular complexity index is 2020. The Morgan fingerprint density at radius 3 is 2.35 bits per heavy atom. The largest absolute Gasteiger partial charge is 0.493 e. The molecule has 0 saturated carbocycles. The molecule has 286 valence electrons. The topological polar surface area (TPSA) is 139 Å². The molecule has 3 aromatic rings. The molecule has 0 N–H and O–H groups in total. The molecule has 3 heterocycles. The monoisotopic (exact) mass is 802 g/mol. The van der Waals surface area contributed by atoms with Gasteiger partial charge in [-0.25, -0.2) is 4.79 Å². The number of halogens is 3. The van der Waals surface area contributed by atoms with Gasteiger partial charge in [0.2, 0.25) is 10.6 Å². The fourth-order valence-electron chi connectivity index (χ4n) is 7.05. The first-order valence-electron chi connectivity index (χ1n) is 16.8. The summed E-state index contributed by atoms with van der Waals surface area (Å²) in [4.78, 5) is 56.1. The number of fused-ring (bicyclic) bond motifs is 5. The van der Waals surface area contributed by atoms with Crippen molar-refractivity contribution in [2.75, 3.05) is 27.1 Å². The number of methoxy groups -OCH3 is 1. The molecule has 3 atom stereocenters. The van der Waals surface area contributed by atoms with Crippen molar-refractivity contribution in [3.63, 3.8) is 0 Å². The van der Waals surface area contributed by atoms with E-state index in [4.69, 9.17) is 68.0 Å². The van der Waals surface area contributed by atoms with Crippen LogP contribution in [0.1, 0.15) is 59.3 Å². The van der Waals surface area contributed by atoms with Crippen LogP contribution < -0.4 is 23.7 Å². The van der Waals surface area contributed by atoms with Gasteiger partial charge in [-0.1, -0.05) is 77.8 Å². The van der Waals surface area contributed by atoms with Crippen LogP contribution in [0.25, 0.3) is 0 Å². The summed E-state index contributed by atoms with van der Waals surface area (Å²) >= 11 is 17.9. The van der Waals surface area contributed by atoms with Crippen molar-refractivity contribution in [2.45, 2.75) is 62.6 Å². The molecule has 2 amide bonds. The Morgan fingerprint density at radius 2 is 1.70 bits per heavy atom. The van der Waals surface area contributed by atoms with Crippen LogP contribution in [0.3, 0.4) is 0 Å². The lowest BCUT2D eigenvalue weighted by molar-refractivity contribution is -0.150. The highest BCUT2D eigenvalue weighted by Gasteiger charge is 2.54. The third-order valence-electron chi connectivity index (χ3n) is 9.23. The molecule has 54 heavy (non-hydrogen) atoms. The number of carbonyl (C=O) groups is 4. The molecule has 3 aliphatic heterocycles. The van der Waals surface area contributed by atoms with Crippen LogP contribution in [0.5, 0.6) is 28.7 Å². The summed E-state index contributed by atoms with van der Waals surface area (Å²) in [5, 5.41) is 0. The van der Waals surface area contributed by atoms with E-state index in [1.54, 1.807) is 6.92 Å². The van der Waals surface area contributed by atoms with E-state index < -0.39 is 52.5 Å². The Balaban J connectivity index is 1.54. The number of amides is 2. The zero-order valence-corrected chi connectivity index (χ0v) is 32.3. The average Bonchev–Trinajstić information content (AvgIpc) is 3.61. The van der Waals surface area contributed by atoms with Crippen LogP contribution in [0.15, 0.2) is 54.7 Å². The van der Waals surface area contributed by atoms with E-state index in [-0.39, 0.29) is 49.4 Å². The molecule has 3 aliphatic rings. The molecule has 3 aromatic carbocycles. The molecule has 6 rings (SSSR count). The molecular weight excluding hydrogens is 767 g/mol. The second-order valence-electron chi connectivity index (χ2n) is 12.9. The lowest BCUT2D eigenvalue weighted by Gasteiger charge is -2.52. The normalized spacial score (nSPS) is 17.8. The van der Waals surface area contributed by atoms with Gasteiger partial charge >= 0.3 is 18.0 Å². The number of benzene rings is 3. The van der Waals surface area contributed by atoms with E-state index in [1.165, 1.54) is 36.8 Å². The molecule has 0 unspecified atom stereocenters. The second-order valence-corrected chi connectivity index (χ2v) is 15.4. The number of esters is 2. The number of piperazine rings is 1. The van der Waals surface area contributed by atoms with Gasteiger partial charge < -0.3 is 38.1 Å². The van der Waals surface area contributed by atoms with E-state index in [2.05, 4.69) is 6.58 Å². The summed E-state index contributed by atoms with van der Waals surface area (Å²) in [6.07, 6.45) is -0.944. The fourth-order valence-corrected chi connectivity index (χ4v) is 7.21. The first-order chi connectivity index (χ1) is 25.6. The van der Waals surface area contributed by atoms with Gasteiger partial charge in [0.25, 0.3) is 5.91 Å². The van der Waals surface area contributed by atoms with Crippen molar-refractivity contribution in [1.29, 1.82) is 0 Å². The number of ether oxygens (including phenoxy) is 7. The summed E-state index contributed by atoms with van der Waals surface area (Å²) in [6.45, 7) is 9.39. The molecule has 1 fully saturated rings. The number of carbonyl (C=O) groups excluding carboxylic acids is 4. The van der Waals surface area contributed by atoms with Crippen LogP contribution in [0.2, 0.25) is 0 Å². The standard InChI is InChI=1S/C38H37Cl3N2O11/c1-19-12-25-13-27-36(46)42(28(16-49-22(4)44)26-14-29(54-23(5)45)20(2)33-34(26)53-18-52-33)21(3)31(43(27)37(47)51-17-38(39,40)41)30(25)35(32(19)48-6)50-15-24-10-8-7-9-11-24/h7-12,14,27-28,31H,3,13,15-18H2,1-2,4-6H3/t27-,28-,31+/m0/s1. The highest BCUT2D eigenvalue weighted by Crippen LogP contribution is 2.54. The number of nitrogens with zero attached hydrogens (tertiary/aromatic N) is 2. The highest BCUT2D eigenvalue weighted by atomic mass is 35.6. The fraction of sp³-hybridized carbons (Fsp3) is 0.368. The van der Waals surface area contributed by atoms with Crippen molar-refractivity contribution in [3.8, 4) is 28.7 Å². The number of hydrogen-bond donors (Lipinski definition) is 0. The number of hydrogen-bond acceptors (Lipinski definition) is 11. The summed E-state index contributed by atoms with van der Waals surface area (Å²) < 4.78 is 38.7. The summed E-state index contributed by atoms with van der Waals surface area (Å²) in [5.74, 6) is -0.423. The minimum atomic E-state index is -1.95. The Hall–Kier alpha value is -4.85. The van der Waals surface area contributed by atoms with Gasteiger partial charge in [0.1, 0.15) is 37.7 Å². The highest BCUT2D eigenvalue weighted by molar-refractivity contribution is 6.67. The van der Waals surface area contributed by atoms with Crippen LogP contribution in [0, 0.1) is 13.8 Å². The first kappa shape index (κ1) is 38.9. The third-order valence-corrected chi connectivity index (χ3v) is 9.56. The molecule has 0 aromatic heterocycles. The summed E-state index contributed by atoms with van der Waals surface area (Å²) in [5.41, 5.74) is 3.64. The van der Waals surface area contributed by atoms with Crippen LogP contribution in [0.4, 0.5) is 4.79 Å². The van der Waals surface area contributed by atoms with Gasteiger partial charge in [0, 0.05) is 42.7 Å². The molecule has 0 spiro atoms. The zero-order valence-electron chi connectivity index (χ0n) is 30.0. The maximum absolute atomic E-state index is 14.9. The molecule has 0 radical (unpaired) electrons. The Morgan fingerprint density at radius 1 is 1.00 bits per heavy atom. The zero-order chi connectivity index (χ0) is 39.1. The number of alkyl halides is 3. The number of aryl methyl sites for hydroxylation is 1. The van der Waals surface area contributed by atoms with E-state index >= 15 is 0 Å². The van der Waals surface area contributed by atoms with Crippen molar-refractivity contribution in [3.05, 3.63) is 88.1 Å². The molecule has 13 nitrogen and oxygen atoms in total. The van der Waals surface area contributed by atoms with Gasteiger partial charge in [-0.3, -0.25) is 19.3 Å². The maximum Gasteiger partial charge on any atom is 0.411 e. The minimum absolute atomic E-state index is 0.00838. The molecule has 2 bridgehead atoms. The lowest BCUT2D eigenvalue weighted by atomic mass is 9.80. The van der Waals surface area contributed by atoms with Gasteiger partial charge in [-0.15, -0.1) is 0 Å². The van der Waals surface area contributed by atoms with E-state index in [9.17, 15) is 19.2 Å². The molecule has 0 aliphatic carbocycles. The summed E-state index contributed by atoms with van der Waals surface area (Å²) in [7, 11) is 1.50. The Kier molecular flexibility index (Phi) is 11.1. The van der Waals surface area contributed by atoms with E-state index in [0.29, 0.717) is 33.8 Å². The third kappa shape index (κ3) is 7.57. The van der Waals surface area contributed by atoms with Crippen molar-refractivity contribution in [2.24, 2.45) is 0 Å². The van der Waals surface area contributed by atoms with Crippen LogP contribution >= 0.6 is 34.8 Å². The van der Waals surface area contributed by atoms with Crippen molar-refractivity contribution >= 4 is 58.7 Å². The number of rotatable bonds is 10. The first-order valence-corrected chi connectivity index (χ1v) is 17.9. The SMILES string of the molecule is C=C1[C@@H]2c3c(cc(C)c(OC)c3OCc3ccccc3)C[C@@H](C(=O)N1[C@@H](COC(C)=O)c1cc(OC(C)=O)c(C)c3c1OCO3)N2C(=O)OCC(Cl)(Cl)Cl. The van der Waals surface area contributed by atoms with E-state index in [0.717, 1.165) is 11.1 Å².